The van der Waals surface area contributed by atoms with Crippen LogP contribution in [0.25, 0.3) is 11.3 Å². The predicted molar refractivity (Wildman–Crippen MR) is 64.2 cm³/mol. The predicted octanol–water partition coefficient (Wildman–Crippen LogP) is 2.60. The van der Waals surface area contributed by atoms with E-state index in [4.69, 9.17) is 11.6 Å². The number of hydrogen-bond acceptors (Lipinski definition) is 3. The zero-order valence-corrected chi connectivity index (χ0v) is 9.27. The van der Waals surface area contributed by atoms with Gasteiger partial charge in [-0.2, -0.15) is 0 Å². The number of benzene rings is 1. The molecular weight excluding hydrogens is 244 g/mol. The molecule has 1 heterocycles. The Hall–Kier alpha value is -2.14. The highest BCUT2D eigenvalue weighted by Crippen LogP contribution is 2.24. The summed E-state index contributed by atoms with van der Waals surface area (Å²) in [5, 5.41) is 10.4. The third kappa shape index (κ3) is 2.19. The molecule has 1 aromatic carbocycles. The van der Waals surface area contributed by atoms with E-state index >= 15 is 0 Å². The first kappa shape index (κ1) is 11.3. The molecule has 0 aliphatic carbocycles. The van der Waals surface area contributed by atoms with Crippen LogP contribution in [0.2, 0.25) is 5.02 Å². The molecule has 1 aromatic heterocycles. The highest BCUT2D eigenvalue weighted by molar-refractivity contribution is 6.32. The standard InChI is InChI=1S/C11H7ClN2O3/c12-8-6-9(7-4-2-1-3-5-7)13-11(15)10(8)14(16)17/h1-6H,(H,13,15). The molecule has 1 N–H and O–H groups in total. The number of nitrogens with zero attached hydrogens (tertiary/aromatic N) is 1. The number of hydrogen-bond donors (Lipinski definition) is 1. The van der Waals surface area contributed by atoms with Gasteiger partial charge in [-0.05, 0) is 11.6 Å². The minimum Gasteiger partial charge on any atom is -0.316 e. The highest BCUT2D eigenvalue weighted by atomic mass is 35.5. The maximum absolute atomic E-state index is 11.5. The Morgan fingerprint density at radius 3 is 2.41 bits per heavy atom. The van der Waals surface area contributed by atoms with E-state index in [0.717, 1.165) is 5.56 Å². The third-order valence-corrected chi connectivity index (χ3v) is 2.52. The average Bonchev–Trinajstić information content (AvgIpc) is 2.28. The molecule has 0 saturated carbocycles. The Bertz CT molecular complexity index is 622. The Morgan fingerprint density at radius 1 is 1.24 bits per heavy atom. The molecule has 86 valence electrons. The fourth-order valence-electron chi connectivity index (χ4n) is 1.46. The summed E-state index contributed by atoms with van der Waals surface area (Å²) in [6.07, 6.45) is 0. The molecule has 17 heavy (non-hydrogen) atoms. The zero-order valence-electron chi connectivity index (χ0n) is 8.51. The Balaban J connectivity index is 2.62. The topological polar surface area (TPSA) is 76.0 Å². The van der Waals surface area contributed by atoms with Crippen LogP contribution in [0.4, 0.5) is 5.69 Å². The minimum atomic E-state index is -0.804. The number of rotatable bonds is 2. The first-order valence-electron chi connectivity index (χ1n) is 4.72. The quantitative estimate of drug-likeness (QED) is 0.657. The van der Waals surface area contributed by atoms with Crippen LogP contribution in [-0.4, -0.2) is 9.91 Å². The fraction of sp³-hybridized carbons (Fsp3) is 0. The van der Waals surface area contributed by atoms with Crippen molar-refractivity contribution in [2.24, 2.45) is 0 Å². The summed E-state index contributed by atoms with van der Waals surface area (Å²) in [6, 6.07) is 10.3. The highest BCUT2D eigenvalue weighted by Gasteiger charge is 2.19. The number of nitrogens with one attached hydrogen (secondary N) is 1. The number of aromatic nitrogens is 1. The maximum atomic E-state index is 11.5. The lowest BCUT2D eigenvalue weighted by molar-refractivity contribution is -0.386. The molecule has 0 fully saturated rings. The van der Waals surface area contributed by atoms with Crippen molar-refractivity contribution in [2.75, 3.05) is 0 Å². The minimum absolute atomic E-state index is 0.169. The lowest BCUT2D eigenvalue weighted by Gasteiger charge is -2.02. The summed E-state index contributed by atoms with van der Waals surface area (Å²) in [7, 11) is 0. The number of H-pyrrole nitrogens is 1. The molecular formula is C11H7ClN2O3. The van der Waals surface area contributed by atoms with Crippen molar-refractivity contribution in [1.82, 2.24) is 4.98 Å². The Kier molecular flexibility index (Phi) is 2.93. The van der Waals surface area contributed by atoms with E-state index in [1.54, 1.807) is 24.3 Å². The van der Waals surface area contributed by atoms with Gasteiger partial charge in [0.05, 0.1) is 10.6 Å². The van der Waals surface area contributed by atoms with Crippen molar-refractivity contribution in [3.05, 3.63) is 61.9 Å². The van der Waals surface area contributed by atoms with Crippen LogP contribution in [0.5, 0.6) is 0 Å². The van der Waals surface area contributed by atoms with Gasteiger partial charge in [0.2, 0.25) is 0 Å². The molecule has 2 rings (SSSR count). The van der Waals surface area contributed by atoms with Crippen molar-refractivity contribution >= 4 is 17.3 Å². The molecule has 0 amide bonds. The SMILES string of the molecule is O=c1[nH]c(-c2ccccc2)cc(Cl)c1[N+](=O)[O-]. The van der Waals surface area contributed by atoms with Crippen molar-refractivity contribution in [1.29, 1.82) is 0 Å². The molecule has 0 aliphatic rings. The van der Waals surface area contributed by atoms with Gasteiger partial charge in [0, 0.05) is 0 Å². The van der Waals surface area contributed by atoms with Gasteiger partial charge in [-0.15, -0.1) is 0 Å². The summed E-state index contributed by atoms with van der Waals surface area (Å²) in [4.78, 5) is 23.7. The molecule has 6 heteroatoms. The van der Waals surface area contributed by atoms with E-state index in [2.05, 4.69) is 4.98 Å². The molecule has 0 unspecified atom stereocenters. The van der Waals surface area contributed by atoms with Gasteiger partial charge in [0.15, 0.2) is 0 Å². The van der Waals surface area contributed by atoms with Crippen LogP contribution in [0.15, 0.2) is 41.2 Å². The Labute approximate surface area is 101 Å². The van der Waals surface area contributed by atoms with Crippen molar-refractivity contribution in [3.8, 4) is 11.3 Å². The summed E-state index contributed by atoms with van der Waals surface area (Å²) in [6.45, 7) is 0. The van der Waals surface area contributed by atoms with E-state index in [-0.39, 0.29) is 5.02 Å². The fourth-order valence-corrected chi connectivity index (χ4v) is 1.73. The van der Waals surface area contributed by atoms with Crippen molar-refractivity contribution in [2.45, 2.75) is 0 Å². The first-order chi connectivity index (χ1) is 8.09. The average molecular weight is 251 g/mol. The smallest absolute Gasteiger partial charge is 0.316 e. The lowest BCUT2D eigenvalue weighted by atomic mass is 10.1. The van der Waals surface area contributed by atoms with Crippen LogP contribution in [0.1, 0.15) is 0 Å². The van der Waals surface area contributed by atoms with Gasteiger partial charge in [-0.1, -0.05) is 41.9 Å². The second-order valence-electron chi connectivity index (χ2n) is 3.33. The second-order valence-corrected chi connectivity index (χ2v) is 3.74. The third-order valence-electron chi connectivity index (χ3n) is 2.23. The Morgan fingerprint density at radius 2 is 1.88 bits per heavy atom. The van der Waals surface area contributed by atoms with Crippen LogP contribution >= 0.6 is 11.6 Å². The molecule has 2 aromatic rings. The first-order valence-corrected chi connectivity index (χ1v) is 5.10. The normalized spacial score (nSPS) is 10.2. The van der Waals surface area contributed by atoms with E-state index in [9.17, 15) is 14.9 Å². The molecule has 0 bridgehead atoms. The number of halogens is 1. The van der Waals surface area contributed by atoms with E-state index in [0.29, 0.717) is 5.69 Å². The number of aromatic amines is 1. The number of nitro groups is 1. The van der Waals surface area contributed by atoms with Crippen LogP contribution in [0.3, 0.4) is 0 Å². The molecule has 0 saturated heterocycles. The van der Waals surface area contributed by atoms with Gasteiger partial charge in [-0.25, -0.2) is 0 Å². The van der Waals surface area contributed by atoms with Crippen LogP contribution in [0, 0.1) is 10.1 Å². The van der Waals surface area contributed by atoms with Crippen molar-refractivity contribution in [3.63, 3.8) is 0 Å². The van der Waals surface area contributed by atoms with Gasteiger partial charge in [-0.3, -0.25) is 14.9 Å². The van der Waals surface area contributed by atoms with Gasteiger partial charge in [0.1, 0.15) is 5.02 Å². The van der Waals surface area contributed by atoms with Gasteiger partial charge >= 0.3 is 11.2 Å². The zero-order chi connectivity index (χ0) is 12.4. The van der Waals surface area contributed by atoms with Gasteiger partial charge < -0.3 is 4.98 Å². The monoisotopic (exact) mass is 250 g/mol. The lowest BCUT2D eigenvalue weighted by Crippen LogP contribution is -2.12. The molecule has 0 atom stereocenters. The summed E-state index contributed by atoms with van der Waals surface area (Å²) < 4.78 is 0. The largest absolute Gasteiger partial charge is 0.352 e. The maximum Gasteiger partial charge on any atom is 0.352 e. The van der Waals surface area contributed by atoms with E-state index in [1.807, 2.05) is 6.07 Å². The van der Waals surface area contributed by atoms with Gasteiger partial charge in [0.25, 0.3) is 0 Å². The summed E-state index contributed by atoms with van der Waals surface area (Å²) in [5.41, 5.74) is -0.250. The summed E-state index contributed by atoms with van der Waals surface area (Å²) in [5.74, 6) is 0. The number of pyridine rings is 1. The molecule has 5 nitrogen and oxygen atoms in total. The molecule has 0 spiro atoms. The van der Waals surface area contributed by atoms with Crippen molar-refractivity contribution < 1.29 is 4.92 Å². The summed E-state index contributed by atoms with van der Waals surface area (Å²) >= 11 is 5.72. The molecule has 0 radical (unpaired) electrons. The second kappa shape index (κ2) is 4.39. The molecule has 0 aliphatic heterocycles. The van der Waals surface area contributed by atoms with E-state index < -0.39 is 16.2 Å². The van der Waals surface area contributed by atoms with Crippen LogP contribution < -0.4 is 5.56 Å². The van der Waals surface area contributed by atoms with E-state index in [1.165, 1.54) is 6.07 Å². The van der Waals surface area contributed by atoms with Crippen LogP contribution in [-0.2, 0) is 0 Å².